The van der Waals surface area contributed by atoms with E-state index in [1.54, 1.807) is 0 Å². The Morgan fingerprint density at radius 2 is 2.22 bits per heavy atom. The lowest BCUT2D eigenvalue weighted by Gasteiger charge is -2.23. The quantitative estimate of drug-likeness (QED) is 0.819. The molecule has 1 unspecified atom stereocenters. The molecule has 18 heavy (non-hydrogen) atoms. The Labute approximate surface area is 106 Å². The molecular weight excluding hydrogens is 224 g/mol. The lowest BCUT2D eigenvalue weighted by atomic mass is 9.92. The highest BCUT2D eigenvalue weighted by Gasteiger charge is 2.22. The summed E-state index contributed by atoms with van der Waals surface area (Å²) in [7, 11) is 2.03. The summed E-state index contributed by atoms with van der Waals surface area (Å²) < 4.78 is 0. The number of fused-ring (bicyclic) bond motifs is 1. The fourth-order valence-corrected chi connectivity index (χ4v) is 2.46. The van der Waals surface area contributed by atoms with E-state index in [0.717, 1.165) is 29.4 Å². The third kappa shape index (κ3) is 1.82. The van der Waals surface area contributed by atoms with E-state index in [2.05, 4.69) is 9.88 Å². The van der Waals surface area contributed by atoms with Gasteiger partial charge in [0.2, 0.25) is 0 Å². The topological polar surface area (TPSA) is 36.1 Å². The minimum absolute atomic E-state index is 0.0143. The lowest BCUT2D eigenvalue weighted by molar-refractivity contribution is 0.0932. The van der Waals surface area contributed by atoms with Crippen molar-refractivity contribution in [2.24, 2.45) is 5.92 Å². The minimum atomic E-state index is 0.0143. The number of benzene rings is 1. The zero-order chi connectivity index (χ0) is 12.5. The number of ketones is 1. The zero-order valence-corrected chi connectivity index (χ0v) is 10.4. The molecule has 1 aliphatic rings. The van der Waals surface area contributed by atoms with Gasteiger partial charge in [-0.1, -0.05) is 24.3 Å². The molecule has 3 rings (SSSR count). The van der Waals surface area contributed by atoms with Gasteiger partial charge in [-0.3, -0.25) is 4.79 Å². The summed E-state index contributed by atoms with van der Waals surface area (Å²) in [6.45, 7) is 0.940. The third-order valence-electron chi connectivity index (χ3n) is 3.56. The van der Waals surface area contributed by atoms with E-state index >= 15 is 0 Å². The van der Waals surface area contributed by atoms with Crippen molar-refractivity contribution in [1.29, 1.82) is 0 Å². The molecule has 0 aliphatic carbocycles. The van der Waals surface area contributed by atoms with Crippen LogP contribution in [0, 0.1) is 5.92 Å². The van der Waals surface area contributed by atoms with Gasteiger partial charge in [0.15, 0.2) is 5.78 Å². The molecule has 0 radical (unpaired) electrons. The number of carbonyl (C=O) groups excluding carboxylic acids is 1. The van der Waals surface area contributed by atoms with Crippen LogP contribution in [0.5, 0.6) is 0 Å². The summed E-state index contributed by atoms with van der Waals surface area (Å²) in [5, 5.41) is 1.02. The number of nitrogens with one attached hydrogen (secondary N) is 1. The second-order valence-electron chi connectivity index (χ2n) is 4.83. The molecule has 0 spiro atoms. The molecule has 1 aromatic carbocycles. The van der Waals surface area contributed by atoms with Crippen molar-refractivity contribution in [2.75, 3.05) is 13.6 Å². The van der Waals surface area contributed by atoms with E-state index in [9.17, 15) is 4.79 Å². The monoisotopic (exact) mass is 240 g/mol. The molecule has 1 aliphatic heterocycles. The fourth-order valence-electron chi connectivity index (χ4n) is 2.46. The van der Waals surface area contributed by atoms with Crippen LogP contribution in [0.4, 0.5) is 0 Å². The maximum Gasteiger partial charge on any atom is 0.171 e. The van der Waals surface area contributed by atoms with Gasteiger partial charge in [-0.15, -0.1) is 0 Å². The van der Waals surface area contributed by atoms with Gasteiger partial charge in [0.1, 0.15) is 0 Å². The van der Waals surface area contributed by atoms with Crippen LogP contribution in [0.2, 0.25) is 0 Å². The van der Waals surface area contributed by atoms with Crippen LogP contribution in [-0.4, -0.2) is 29.3 Å². The van der Waals surface area contributed by atoms with Gasteiger partial charge in [-0.25, -0.2) is 0 Å². The average Bonchev–Trinajstić information content (AvgIpc) is 2.82. The highest BCUT2D eigenvalue weighted by atomic mass is 16.1. The highest BCUT2D eigenvalue weighted by Crippen LogP contribution is 2.24. The molecule has 0 saturated carbocycles. The summed E-state index contributed by atoms with van der Waals surface area (Å²) in [4.78, 5) is 17.8. The van der Waals surface area contributed by atoms with Gasteiger partial charge in [0.25, 0.3) is 0 Å². The summed E-state index contributed by atoms with van der Waals surface area (Å²) in [6.07, 6.45) is 6.74. The van der Waals surface area contributed by atoms with E-state index in [4.69, 9.17) is 0 Å². The van der Waals surface area contributed by atoms with E-state index in [1.165, 1.54) is 0 Å². The van der Waals surface area contributed by atoms with Gasteiger partial charge in [0, 0.05) is 42.2 Å². The van der Waals surface area contributed by atoms with Gasteiger partial charge in [-0.05, 0) is 18.7 Å². The number of carbonyl (C=O) groups is 1. The number of aromatic nitrogens is 1. The van der Waals surface area contributed by atoms with Gasteiger partial charge < -0.3 is 9.88 Å². The van der Waals surface area contributed by atoms with Crippen LogP contribution < -0.4 is 0 Å². The Bertz CT molecular complexity index is 612. The molecule has 1 aromatic heterocycles. The second kappa shape index (κ2) is 4.33. The lowest BCUT2D eigenvalue weighted by Crippen LogP contribution is -2.25. The standard InChI is InChI=1S/C15H16N2O/c1-17-8-6-11(7-9-17)15(18)13-10-16-14-5-3-2-4-12(13)14/h2-6,8,10-11,16H,7,9H2,1H3. The van der Waals surface area contributed by atoms with Crippen molar-refractivity contribution >= 4 is 16.7 Å². The van der Waals surface area contributed by atoms with Crippen LogP contribution in [0.1, 0.15) is 16.8 Å². The number of allylic oxidation sites excluding steroid dienone is 1. The van der Waals surface area contributed by atoms with Crippen LogP contribution >= 0.6 is 0 Å². The largest absolute Gasteiger partial charge is 0.381 e. The summed E-state index contributed by atoms with van der Waals surface area (Å²) in [6, 6.07) is 7.94. The molecule has 1 N–H and O–H groups in total. The molecule has 0 saturated heterocycles. The number of aromatic amines is 1. The smallest absolute Gasteiger partial charge is 0.171 e. The van der Waals surface area contributed by atoms with Crippen LogP contribution in [0.3, 0.4) is 0 Å². The van der Waals surface area contributed by atoms with Crippen LogP contribution in [-0.2, 0) is 0 Å². The summed E-state index contributed by atoms with van der Waals surface area (Å²) in [5.41, 5.74) is 1.84. The minimum Gasteiger partial charge on any atom is -0.381 e. The Morgan fingerprint density at radius 3 is 3.00 bits per heavy atom. The Morgan fingerprint density at radius 1 is 1.39 bits per heavy atom. The number of para-hydroxylation sites is 1. The van der Waals surface area contributed by atoms with Crippen LogP contribution in [0.15, 0.2) is 42.7 Å². The van der Waals surface area contributed by atoms with Crippen molar-refractivity contribution in [3.05, 3.63) is 48.3 Å². The molecule has 0 bridgehead atoms. The first kappa shape index (κ1) is 11.1. The predicted molar refractivity (Wildman–Crippen MR) is 72.5 cm³/mol. The number of nitrogens with zero attached hydrogens (tertiary/aromatic N) is 1. The number of hydrogen-bond donors (Lipinski definition) is 1. The number of rotatable bonds is 2. The first-order valence-corrected chi connectivity index (χ1v) is 6.24. The SMILES string of the molecule is CN1C=CC(C(=O)c2c[nH]c3ccccc23)CC1. The summed E-state index contributed by atoms with van der Waals surface area (Å²) >= 11 is 0. The summed E-state index contributed by atoms with van der Waals surface area (Å²) in [5.74, 6) is 0.234. The maximum absolute atomic E-state index is 12.5. The predicted octanol–water partition coefficient (Wildman–Crippen LogP) is 2.82. The van der Waals surface area contributed by atoms with Crippen molar-refractivity contribution in [1.82, 2.24) is 9.88 Å². The normalized spacial score (nSPS) is 19.4. The molecule has 0 amide bonds. The van der Waals surface area contributed by atoms with E-state index in [-0.39, 0.29) is 11.7 Å². The van der Waals surface area contributed by atoms with E-state index in [0.29, 0.717) is 0 Å². The Balaban J connectivity index is 1.95. The van der Waals surface area contributed by atoms with E-state index < -0.39 is 0 Å². The molecule has 2 aromatic rings. The van der Waals surface area contributed by atoms with E-state index in [1.807, 2.05) is 49.8 Å². The number of H-pyrrole nitrogens is 1. The third-order valence-corrected chi connectivity index (χ3v) is 3.56. The first-order valence-electron chi connectivity index (χ1n) is 6.24. The molecule has 2 heterocycles. The van der Waals surface area contributed by atoms with Crippen molar-refractivity contribution in [2.45, 2.75) is 6.42 Å². The number of hydrogen-bond acceptors (Lipinski definition) is 2. The Kier molecular flexibility index (Phi) is 2.67. The number of Topliss-reactive ketones (excluding diaryl/α,β-unsaturated/α-hetero) is 1. The van der Waals surface area contributed by atoms with Gasteiger partial charge >= 0.3 is 0 Å². The van der Waals surface area contributed by atoms with Gasteiger partial charge in [-0.2, -0.15) is 0 Å². The maximum atomic E-state index is 12.5. The Hall–Kier alpha value is -2.03. The van der Waals surface area contributed by atoms with Crippen molar-refractivity contribution in [3.63, 3.8) is 0 Å². The molecule has 0 fully saturated rings. The molecule has 1 atom stereocenters. The fraction of sp³-hybridized carbons (Fsp3) is 0.267. The van der Waals surface area contributed by atoms with Gasteiger partial charge in [0.05, 0.1) is 0 Å². The van der Waals surface area contributed by atoms with Crippen molar-refractivity contribution < 1.29 is 4.79 Å². The first-order chi connectivity index (χ1) is 8.75. The molecule has 3 nitrogen and oxygen atoms in total. The second-order valence-corrected chi connectivity index (χ2v) is 4.83. The molecular formula is C15H16N2O. The van der Waals surface area contributed by atoms with Crippen molar-refractivity contribution in [3.8, 4) is 0 Å². The average molecular weight is 240 g/mol. The molecule has 92 valence electrons. The highest BCUT2D eigenvalue weighted by molar-refractivity contribution is 6.09. The zero-order valence-electron chi connectivity index (χ0n) is 10.4. The molecule has 3 heteroatoms. The van der Waals surface area contributed by atoms with Crippen LogP contribution in [0.25, 0.3) is 10.9 Å².